The fourth-order valence-electron chi connectivity index (χ4n) is 2.74. The highest BCUT2D eigenvalue weighted by Crippen LogP contribution is 2.32. The predicted molar refractivity (Wildman–Crippen MR) is 125 cm³/mol. The molecule has 2 aromatic rings. The third-order valence-corrected chi connectivity index (χ3v) is 6.58. The molecule has 0 aromatic heterocycles. The van der Waals surface area contributed by atoms with Crippen LogP contribution in [0.3, 0.4) is 0 Å². The Bertz CT molecular complexity index is 1050. The van der Waals surface area contributed by atoms with Crippen LogP contribution in [0, 0.1) is 0 Å². The highest BCUT2D eigenvalue weighted by molar-refractivity contribution is 9.10. The normalized spacial score (nSPS) is 12.0. The van der Waals surface area contributed by atoms with E-state index in [-0.39, 0.29) is 28.6 Å². The van der Waals surface area contributed by atoms with Crippen molar-refractivity contribution in [2.75, 3.05) is 19.0 Å². The summed E-state index contributed by atoms with van der Waals surface area (Å²) in [7, 11) is -2.27. The first-order chi connectivity index (χ1) is 14.3. The van der Waals surface area contributed by atoms with E-state index >= 15 is 0 Å². The van der Waals surface area contributed by atoms with Gasteiger partial charge in [-0.3, -0.25) is 4.79 Å². The number of carbonyl (C=O) groups excluding carboxylic acids is 1. The lowest BCUT2D eigenvalue weighted by molar-refractivity contribution is -0.118. The molecule has 2 aromatic carbocycles. The van der Waals surface area contributed by atoms with E-state index in [4.69, 9.17) is 9.47 Å². The minimum atomic E-state index is -3.71. The molecule has 0 spiro atoms. The number of rotatable bonds is 8. The molecule has 0 bridgehead atoms. The predicted octanol–water partition coefficient (Wildman–Crippen LogP) is 4.46. The summed E-state index contributed by atoms with van der Waals surface area (Å²) in [5.41, 5.74) is 1.36. The van der Waals surface area contributed by atoms with Crippen LogP contribution in [0.15, 0.2) is 45.8 Å². The summed E-state index contributed by atoms with van der Waals surface area (Å²) in [5, 5.41) is 2.66. The molecule has 31 heavy (non-hydrogen) atoms. The van der Waals surface area contributed by atoms with Crippen molar-refractivity contribution in [1.82, 2.24) is 4.72 Å². The van der Waals surface area contributed by atoms with Gasteiger partial charge in [0.1, 0.15) is 11.5 Å². The summed E-state index contributed by atoms with van der Waals surface area (Å²) in [6, 6.07) is 9.74. The van der Waals surface area contributed by atoms with Gasteiger partial charge in [-0.25, -0.2) is 13.1 Å². The molecular formula is C22H29BrN2O5S. The van der Waals surface area contributed by atoms with Gasteiger partial charge in [-0.05, 0) is 71.1 Å². The van der Waals surface area contributed by atoms with Crippen LogP contribution in [0.25, 0.3) is 0 Å². The van der Waals surface area contributed by atoms with Gasteiger partial charge in [0.25, 0.3) is 5.91 Å². The third-order valence-electron chi connectivity index (χ3n) is 4.30. The fraction of sp³-hybridized carbons (Fsp3) is 0.409. The van der Waals surface area contributed by atoms with Gasteiger partial charge >= 0.3 is 0 Å². The molecule has 0 aliphatic heterocycles. The zero-order valence-electron chi connectivity index (χ0n) is 18.6. The molecule has 0 unspecified atom stereocenters. The lowest BCUT2D eigenvalue weighted by Crippen LogP contribution is -2.30. The monoisotopic (exact) mass is 512 g/mol. The van der Waals surface area contributed by atoms with Crippen molar-refractivity contribution in [3.8, 4) is 11.5 Å². The van der Waals surface area contributed by atoms with Gasteiger partial charge in [0.2, 0.25) is 10.0 Å². The lowest BCUT2D eigenvalue weighted by atomic mass is 9.87. The lowest BCUT2D eigenvalue weighted by Gasteiger charge is -2.20. The number of halogens is 1. The maximum atomic E-state index is 12.5. The van der Waals surface area contributed by atoms with Gasteiger partial charge in [0.05, 0.1) is 22.2 Å². The Morgan fingerprint density at radius 3 is 2.29 bits per heavy atom. The Morgan fingerprint density at radius 2 is 1.74 bits per heavy atom. The first-order valence-corrected chi connectivity index (χ1v) is 12.0. The quantitative estimate of drug-likeness (QED) is 0.544. The molecule has 0 fully saturated rings. The van der Waals surface area contributed by atoms with Crippen molar-refractivity contribution in [2.45, 2.75) is 51.0 Å². The number of sulfonamides is 1. The number of amides is 1. The minimum Gasteiger partial charge on any atom is -0.495 e. The first-order valence-electron chi connectivity index (χ1n) is 9.76. The number of methoxy groups -OCH3 is 1. The number of carbonyl (C=O) groups is 1. The molecule has 1 amide bonds. The van der Waals surface area contributed by atoms with Gasteiger partial charge in [0, 0.05) is 6.04 Å². The molecule has 170 valence electrons. The maximum absolute atomic E-state index is 12.5. The molecule has 9 heteroatoms. The molecule has 0 saturated heterocycles. The van der Waals surface area contributed by atoms with Crippen LogP contribution < -0.4 is 19.5 Å². The van der Waals surface area contributed by atoms with Crippen LogP contribution in [0.2, 0.25) is 0 Å². The van der Waals surface area contributed by atoms with E-state index in [9.17, 15) is 13.2 Å². The van der Waals surface area contributed by atoms with Crippen LogP contribution >= 0.6 is 15.9 Å². The molecule has 0 aliphatic carbocycles. The van der Waals surface area contributed by atoms with Crippen molar-refractivity contribution < 1.29 is 22.7 Å². The van der Waals surface area contributed by atoms with Crippen molar-refractivity contribution in [1.29, 1.82) is 0 Å². The van der Waals surface area contributed by atoms with E-state index < -0.39 is 15.9 Å². The van der Waals surface area contributed by atoms with Gasteiger partial charge in [-0.2, -0.15) is 0 Å². The summed E-state index contributed by atoms with van der Waals surface area (Å²) in [5.74, 6) is 0.427. The molecular weight excluding hydrogens is 484 g/mol. The molecule has 0 saturated carbocycles. The molecule has 0 aliphatic rings. The minimum absolute atomic E-state index is 0.00917. The third kappa shape index (κ3) is 6.95. The van der Waals surface area contributed by atoms with E-state index in [1.165, 1.54) is 25.3 Å². The van der Waals surface area contributed by atoms with Crippen molar-refractivity contribution in [3.05, 3.63) is 46.4 Å². The van der Waals surface area contributed by atoms with Crippen LogP contribution in [-0.2, 0) is 20.2 Å². The maximum Gasteiger partial charge on any atom is 0.262 e. The number of anilines is 1. The largest absolute Gasteiger partial charge is 0.495 e. The molecule has 0 atom stereocenters. The molecule has 0 heterocycles. The molecule has 2 rings (SSSR count). The number of ether oxygens (including phenoxy) is 2. The second-order valence-corrected chi connectivity index (χ2v) is 10.9. The van der Waals surface area contributed by atoms with E-state index in [2.05, 4.69) is 46.7 Å². The van der Waals surface area contributed by atoms with E-state index in [1.54, 1.807) is 13.8 Å². The van der Waals surface area contributed by atoms with Gasteiger partial charge in [-0.15, -0.1) is 0 Å². The highest BCUT2D eigenvalue weighted by atomic mass is 79.9. The Morgan fingerprint density at radius 1 is 1.10 bits per heavy atom. The van der Waals surface area contributed by atoms with Gasteiger partial charge in [0.15, 0.2) is 6.61 Å². The average molecular weight is 513 g/mol. The summed E-state index contributed by atoms with van der Waals surface area (Å²) in [4.78, 5) is 12.5. The second-order valence-electron chi connectivity index (χ2n) is 8.37. The number of benzene rings is 2. The SMILES string of the molecule is COc1ccc(S(=O)(=O)NC(C)C)cc1NC(=O)COc1ccc(C(C)(C)C)cc1Br. The molecule has 2 N–H and O–H groups in total. The van der Waals surface area contributed by atoms with Crippen molar-refractivity contribution >= 4 is 37.5 Å². The summed E-state index contributed by atoms with van der Waals surface area (Å²) < 4.78 is 39.0. The first kappa shape index (κ1) is 25.2. The average Bonchev–Trinajstić information content (AvgIpc) is 2.65. The fourth-order valence-corrected chi connectivity index (χ4v) is 4.51. The number of nitrogens with one attached hydrogen (secondary N) is 2. The van der Waals surface area contributed by atoms with Crippen molar-refractivity contribution in [3.63, 3.8) is 0 Å². The Kier molecular flexibility index (Phi) is 8.13. The zero-order valence-corrected chi connectivity index (χ0v) is 21.0. The van der Waals surface area contributed by atoms with E-state index in [0.717, 1.165) is 10.0 Å². The zero-order chi connectivity index (χ0) is 23.4. The Hall–Kier alpha value is -2.10. The summed E-state index contributed by atoms with van der Waals surface area (Å²) in [6.45, 7) is 9.54. The van der Waals surface area contributed by atoms with Crippen LogP contribution in [0.4, 0.5) is 5.69 Å². The van der Waals surface area contributed by atoms with Crippen LogP contribution in [0.5, 0.6) is 11.5 Å². The topological polar surface area (TPSA) is 93.7 Å². The molecule has 7 nitrogen and oxygen atoms in total. The smallest absolute Gasteiger partial charge is 0.262 e. The van der Waals surface area contributed by atoms with Crippen molar-refractivity contribution in [2.24, 2.45) is 0 Å². The molecule has 0 radical (unpaired) electrons. The Balaban J connectivity index is 2.14. The standard InChI is InChI=1S/C22H29BrN2O5S/c1-14(2)25-31(27,28)16-8-10-20(29-6)18(12-16)24-21(26)13-30-19-9-7-15(11-17(19)23)22(3,4)5/h7-12,14,25H,13H2,1-6H3,(H,24,26). The second kappa shape index (κ2) is 10.0. The van der Waals surface area contributed by atoms with Crippen LogP contribution in [0.1, 0.15) is 40.2 Å². The summed E-state index contributed by atoms with van der Waals surface area (Å²) in [6.07, 6.45) is 0. The highest BCUT2D eigenvalue weighted by Gasteiger charge is 2.19. The van der Waals surface area contributed by atoms with E-state index in [0.29, 0.717) is 11.5 Å². The van der Waals surface area contributed by atoms with Gasteiger partial charge < -0.3 is 14.8 Å². The van der Waals surface area contributed by atoms with Gasteiger partial charge in [-0.1, -0.05) is 26.8 Å². The van der Waals surface area contributed by atoms with E-state index in [1.807, 2.05) is 18.2 Å². The summed E-state index contributed by atoms with van der Waals surface area (Å²) >= 11 is 3.48. The van der Waals surface area contributed by atoms with Crippen LogP contribution in [-0.4, -0.2) is 34.1 Å². The number of hydrogen-bond acceptors (Lipinski definition) is 5. The number of hydrogen-bond donors (Lipinski definition) is 2. The Labute approximate surface area is 192 Å².